The van der Waals surface area contributed by atoms with Crippen molar-refractivity contribution in [1.82, 2.24) is 14.7 Å². The highest BCUT2D eigenvalue weighted by Crippen LogP contribution is 2.15. The zero-order valence-corrected chi connectivity index (χ0v) is 13.4. The number of imide groups is 2. The lowest BCUT2D eigenvalue weighted by atomic mass is 9.93. The van der Waals surface area contributed by atoms with Gasteiger partial charge in [-0.3, -0.25) is 19.3 Å². The van der Waals surface area contributed by atoms with Gasteiger partial charge >= 0.3 is 17.8 Å². The summed E-state index contributed by atoms with van der Waals surface area (Å²) < 4.78 is 0. The monoisotopic (exact) mass is 320 g/mol. The van der Waals surface area contributed by atoms with E-state index >= 15 is 0 Å². The van der Waals surface area contributed by atoms with Crippen molar-refractivity contribution in [2.24, 2.45) is 11.1 Å². The van der Waals surface area contributed by atoms with Crippen LogP contribution in [0.15, 0.2) is 0 Å². The van der Waals surface area contributed by atoms with Crippen molar-refractivity contribution in [3.8, 4) is 0 Å². The van der Waals surface area contributed by atoms with Crippen LogP contribution in [0.1, 0.15) is 13.8 Å². The van der Waals surface area contributed by atoms with Crippen LogP contribution < -0.4 is 5.73 Å². The maximum absolute atomic E-state index is 12.0. The van der Waals surface area contributed by atoms with Crippen molar-refractivity contribution in [1.29, 1.82) is 0 Å². The summed E-state index contributed by atoms with van der Waals surface area (Å²) in [5, 5.41) is 0. The SMILES string of the molecule is CN(CC(C)(C)CN)C(=O)CN1C(=O)C(=O)N(C)C1=O.Cl. The van der Waals surface area contributed by atoms with Gasteiger partial charge in [-0.1, -0.05) is 13.8 Å². The summed E-state index contributed by atoms with van der Waals surface area (Å²) in [5.74, 6) is -2.32. The summed E-state index contributed by atoms with van der Waals surface area (Å²) >= 11 is 0. The normalized spacial score (nSPS) is 15.4. The fourth-order valence-electron chi connectivity index (χ4n) is 1.80. The van der Waals surface area contributed by atoms with Crippen LogP contribution in [-0.2, 0) is 14.4 Å². The van der Waals surface area contributed by atoms with Gasteiger partial charge in [-0.05, 0) is 12.0 Å². The molecule has 0 aromatic carbocycles. The first-order chi connectivity index (χ1) is 9.10. The van der Waals surface area contributed by atoms with Crippen molar-refractivity contribution in [3.63, 3.8) is 0 Å². The van der Waals surface area contributed by atoms with Crippen LogP contribution in [0.25, 0.3) is 0 Å². The summed E-state index contributed by atoms with van der Waals surface area (Å²) in [6.45, 7) is 4.15. The lowest BCUT2D eigenvalue weighted by molar-refractivity contribution is -0.144. The summed E-state index contributed by atoms with van der Waals surface area (Å²) in [7, 11) is 2.77. The van der Waals surface area contributed by atoms with Crippen LogP contribution in [0.4, 0.5) is 4.79 Å². The Bertz CT molecular complexity index is 466. The molecule has 0 aromatic heterocycles. The van der Waals surface area contributed by atoms with E-state index in [0.29, 0.717) is 22.9 Å². The number of nitrogens with zero attached hydrogens (tertiary/aromatic N) is 3. The van der Waals surface area contributed by atoms with E-state index < -0.39 is 30.3 Å². The Balaban J connectivity index is 0.00000400. The van der Waals surface area contributed by atoms with Crippen molar-refractivity contribution < 1.29 is 19.2 Å². The van der Waals surface area contributed by atoms with Crippen LogP contribution in [-0.4, -0.2) is 72.2 Å². The van der Waals surface area contributed by atoms with Crippen molar-refractivity contribution in [3.05, 3.63) is 0 Å². The van der Waals surface area contributed by atoms with E-state index in [-0.39, 0.29) is 17.8 Å². The largest absolute Gasteiger partial charge is 0.344 e. The summed E-state index contributed by atoms with van der Waals surface area (Å²) in [6, 6.07) is -0.778. The second-order valence-electron chi connectivity index (χ2n) is 5.66. The van der Waals surface area contributed by atoms with Gasteiger partial charge in [-0.15, -0.1) is 12.4 Å². The molecule has 0 spiro atoms. The second-order valence-corrected chi connectivity index (χ2v) is 5.66. The minimum absolute atomic E-state index is 0. The number of rotatable bonds is 5. The predicted octanol–water partition coefficient (Wildman–Crippen LogP) is -0.728. The highest BCUT2D eigenvalue weighted by molar-refractivity contribution is 6.44. The predicted molar refractivity (Wildman–Crippen MR) is 77.6 cm³/mol. The van der Waals surface area contributed by atoms with E-state index in [0.717, 1.165) is 0 Å². The van der Waals surface area contributed by atoms with Crippen LogP contribution in [0.2, 0.25) is 0 Å². The van der Waals surface area contributed by atoms with Gasteiger partial charge in [0.05, 0.1) is 0 Å². The molecule has 0 radical (unpaired) electrons. The number of urea groups is 1. The Hall–Kier alpha value is -1.67. The van der Waals surface area contributed by atoms with Gasteiger partial charge in [-0.25, -0.2) is 9.69 Å². The molecule has 1 fully saturated rings. The van der Waals surface area contributed by atoms with Crippen molar-refractivity contribution in [2.45, 2.75) is 13.8 Å². The van der Waals surface area contributed by atoms with Crippen molar-refractivity contribution in [2.75, 3.05) is 33.7 Å². The maximum Gasteiger partial charge on any atom is 0.334 e. The smallest absolute Gasteiger partial charge is 0.334 e. The van der Waals surface area contributed by atoms with Crippen LogP contribution in [0.3, 0.4) is 0 Å². The van der Waals surface area contributed by atoms with E-state index in [1.54, 1.807) is 7.05 Å². The van der Waals surface area contributed by atoms with E-state index in [4.69, 9.17) is 5.73 Å². The molecular weight excluding hydrogens is 300 g/mol. The van der Waals surface area contributed by atoms with E-state index in [9.17, 15) is 19.2 Å². The first-order valence-electron chi connectivity index (χ1n) is 6.18. The number of nitrogens with two attached hydrogens (primary N) is 1. The highest BCUT2D eigenvalue weighted by atomic mass is 35.5. The van der Waals surface area contributed by atoms with E-state index in [1.807, 2.05) is 13.8 Å². The maximum atomic E-state index is 12.0. The van der Waals surface area contributed by atoms with Gasteiger partial charge in [0.15, 0.2) is 0 Å². The van der Waals surface area contributed by atoms with Crippen LogP contribution in [0, 0.1) is 5.41 Å². The number of carbonyl (C=O) groups is 4. The molecule has 1 saturated heterocycles. The molecule has 8 nitrogen and oxygen atoms in total. The average molecular weight is 321 g/mol. The number of hydrogen-bond acceptors (Lipinski definition) is 5. The molecule has 0 bridgehead atoms. The Labute approximate surface area is 129 Å². The number of hydrogen-bond donors (Lipinski definition) is 1. The molecular formula is C12H21ClN4O4. The lowest BCUT2D eigenvalue weighted by Crippen LogP contribution is -2.45. The van der Waals surface area contributed by atoms with E-state index in [2.05, 4.69) is 0 Å². The third-order valence-electron chi connectivity index (χ3n) is 3.19. The number of amides is 5. The molecule has 21 heavy (non-hydrogen) atoms. The average Bonchev–Trinajstić information content (AvgIpc) is 2.56. The fraction of sp³-hybridized carbons (Fsp3) is 0.667. The van der Waals surface area contributed by atoms with Gasteiger partial charge in [0.25, 0.3) is 0 Å². The molecule has 5 amide bonds. The zero-order chi connectivity index (χ0) is 15.7. The molecule has 9 heteroatoms. The molecule has 1 aliphatic rings. The molecule has 0 saturated carbocycles. The molecule has 0 unspecified atom stereocenters. The Morgan fingerprint density at radius 2 is 1.76 bits per heavy atom. The van der Waals surface area contributed by atoms with Gasteiger partial charge in [0.2, 0.25) is 5.91 Å². The minimum atomic E-state index is -0.975. The standard InChI is InChI=1S/C12H20N4O4.ClH/c1-12(2,6-13)7-14(3)8(17)5-16-10(19)9(18)15(4)11(16)20;/h5-7,13H2,1-4H3;1H. The first kappa shape index (κ1) is 19.3. The first-order valence-corrected chi connectivity index (χ1v) is 6.18. The Morgan fingerprint density at radius 1 is 1.24 bits per heavy atom. The molecule has 0 atom stereocenters. The van der Waals surface area contributed by atoms with Gasteiger partial charge in [0.1, 0.15) is 6.54 Å². The number of halogens is 1. The zero-order valence-electron chi connectivity index (χ0n) is 12.6. The molecule has 1 heterocycles. The van der Waals surface area contributed by atoms with Gasteiger partial charge < -0.3 is 10.6 Å². The minimum Gasteiger partial charge on any atom is -0.344 e. The number of carbonyl (C=O) groups excluding carboxylic acids is 4. The second kappa shape index (κ2) is 6.86. The van der Waals surface area contributed by atoms with Gasteiger partial charge in [-0.2, -0.15) is 0 Å². The molecule has 2 N–H and O–H groups in total. The Kier molecular flexibility index (Phi) is 6.31. The Morgan fingerprint density at radius 3 is 2.14 bits per heavy atom. The number of likely N-dealkylation sites (N-methyl/N-ethyl adjacent to an activating group) is 2. The third kappa shape index (κ3) is 4.15. The molecule has 0 aliphatic carbocycles. The molecule has 1 aliphatic heterocycles. The highest BCUT2D eigenvalue weighted by Gasteiger charge is 2.43. The molecule has 120 valence electrons. The summed E-state index contributed by atoms with van der Waals surface area (Å²) in [5.41, 5.74) is 5.32. The molecule has 1 rings (SSSR count). The summed E-state index contributed by atoms with van der Waals surface area (Å²) in [6.07, 6.45) is 0. The van der Waals surface area contributed by atoms with Crippen LogP contribution in [0.5, 0.6) is 0 Å². The fourth-order valence-corrected chi connectivity index (χ4v) is 1.80. The molecule has 0 aromatic rings. The van der Waals surface area contributed by atoms with E-state index in [1.165, 1.54) is 11.9 Å². The lowest BCUT2D eigenvalue weighted by Gasteiger charge is -2.29. The van der Waals surface area contributed by atoms with Crippen LogP contribution >= 0.6 is 12.4 Å². The van der Waals surface area contributed by atoms with Crippen molar-refractivity contribution >= 4 is 36.2 Å². The third-order valence-corrected chi connectivity index (χ3v) is 3.19. The topological polar surface area (TPSA) is 104 Å². The van der Waals surface area contributed by atoms with Gasteiger partial charge in [0, 0.05) is 20.6 Å². The quantitative estimate of drug-likeness (QED) is 0.531. The summed E-state index contributed by atoms with van der Waals surface area (Å²) in [4.78, 5) is 49.3.